The summed E-state index contributed by atoms with van der Waals surface area (Å²) in [5, 5.41) is 3.72. The maximum absolute atomic E-state index is 3.72. The molecule has 0 amide bonds. The van der Waals surface area contributed by atoms with Crippen LogP contribution in [0.4, 0.5) is 0 Å². The van der Waals surface area contributed by atoms with Gasteiger partial charge in [0.1, 0.15) is 0 Å². The van der Waals surface area contributed by atoms with E-state index in [2.05, 4.69) is 39.9 Å². The van der Waals surface area contributed by atoms with E-state index in [9.17, 15) is 0 Å². The Hall–Kier alpha value is -0.0400. The van der Waals surface area contributed by atoms with E-state index in [0.717, 1.165) is 24.4 Å². The molecule has 18 heavy (non-hydrogen) atoms. The van der Waals surface area contributed by atoms with E-state index in [1.54, 1.807) is 0 Å². The normalized spacial score (nSPS) is 27.2. The Bertz CT molecular complexity index is 208. The first-order valence-corrected chi connectivity index (χ1v) is 8.28. The molecule has 0 aromatic heterocycles. The van der Waals surface area contributed by atoms with Crippen LogP contribution in [0.25, 0.3) is 0 Å². The molecule has 1 aliphatic rings. The lowest BCUT2D eigenvalue weighted by Crippen LogP contribution is -2.39. The smallest absolute Gasteiger partial charge is 0.00951 e. The molecule has 1 heteroatoms. The van der Waals surface area contributed by atoms with Crippen LogP contribution in [0.5, 0.6) is 0 Å². The monoisotopic (exact) mass is 253 g/mol. The number of hydrogen-bond acceptors (Lipinski definition) is 1. The molecule has 0 aromatic carbocycles. The molecule has 1 aliphatic carbocycles. The van der Waals surface area contributed by atoms with Gasteiger partial charge < -0.3 is 5.32 Å². The predicted octanol–water partition coefficient (Wildman–Crippen LogP) is 5.01. The number of hydrogen-bond donors (Lipinski definition) is 1. The van der Waals surface area contributed by atoms with Crippen LogP contribution in [0.1, 0.15) is 79.6 Å². The fourth-order valence-corrected chi connectivity index (χ4v) is 3.67. The van der Waals surface area contributed by atoms with Gasteiger partial charge in [0.15, 0.2) is 0 Å². The van der Waals surface area contributed by atoms with Crippen molar-refractivity contribution in [2.24, 2.45) is 17.3 Å². The summed E-state index contributed by atoms with van der Waals surface area (Å²) in [5.41, 5.74) is 0.559. The molecule has 0 radical (unpaired) electrons. The van der Waals surface area contributed by atoms with Crippen molar-refractivity contribution in [2.45, 2.75) is 85.6 Å². The van der Waals surface area contributed by atoms with Crippen molar-refractivity contribution in [3.8, 4) is 0 Å². The summed E-state index contributed by atoms with van der Waals surface area (Å²) in [4.78, 5) is 0. The maximum atomic E-state index is 3.72. The molecule has 1 saturated carbocycles. The highest BCUT2D eigenvalue weighted by Gasteiger charge is 2.33. The Morgan fingerprint density at radius 2 is 1.67 bits per heavy atom. The van der Waals surface area contributed by atoms with Crippen molar-refractivity contribution < 1.29 is 0 Å². The second-order valence-corrected chi connectivity index (χ2v) is 6.91. The fraction of sp³-hybridized carbons (Fsp3) is 1.00. The first kappa shape index (κ1) is 16.0. The van der Waals surface area contributed by atoms with Gasteiger partial charge in [-0.25, -0.2) is 0 Å². The third-order valence-electron chi connectivity index (χ3n) is 5.42. The average molecular weight is 253 g/mol. The molecule has 1 rings (SSSR count). The van der Waals surface area contributed by atoms with Gasteiger partial charge in [0.2, 0.25) is 0 Å². The molecule has 1 N–H and O–H groups in total. The minimum absolute atomic E-state index is 0.559. The predicted molar refractivity (Wildman–Crippen MR) is 81.9 cm³/mol. The van der Waals surface area contributed by atoms with E-state index >= 15 is 0 Å². The minimum Gasteiger partial charge on any atom is -0.314 e. The molecule has 0 aliphatic heterocycles. The van der Waals surface area contributed by atoms with Gasteiger partial charge in [-0.05, 0) is 55.9 Å². The Balaban J connectivity index is 2.46. The van der Waals surface area contributed by atoms with Gasteiger partial charge >= 0.3 is 0 Å². The van der Waals surface area contributed by atoms with Crippen LogP contribution in [0.15, 0.2) is 0 Å². The number of nitrogens with one attached hydrogen (secondary N) is 1. The highest BCUT2D eigenvalue weighted by Crippen LogP contribution is 2.43. The topological polar surface area (TPSA) is 12.0 Å². The zero-order valence-electron chi connectivity index (χ0n) is 13.4. The Morgan fingerprint density at radius 1 is 1.06 bits per heavy atom. The molecule has 0 bridgehead atoms. The van der Waals surface area contributed by atoms with Crippen LogP contribution in [-0.2, 0) is 0 Å². The van der Waals surface area contributed by atoms with Gasteiger partial charge in [0, 0.05) is 6.04 Å². The molecule has 1 unspecified atom stereocenters. The second kappa shape index (κ2) is 7.53. The molecule has 0 saturated heterocycles. The SMILES string of the molecule is CCCC(NCC)C1CCC(C(C)(C)CC)CC1. The Morgan fingerprint density at radius 3 is 2.11 bits per heavy atom. The van der Waals surface area contributed by atoms with Gasteiger partial charge in [-0.3, -0.25) is 0 Å². The van der Waals surface area contributed by atoms with E-state index in [4.69, 9.17) is 0 Å². The molecule has 0 spiro atoms. The van der Waals surface area contributed by atoms with E-state index < -0.39 is 0 Å². The van der Waals surface area contributed by atoms with Crippen LogP contribution in [0, 0.1) is 17.3 Å². The zero-order valence-corrected chi connectivity index (χ0v) is 13.4. The Kier molecular flexibility index (Phi) is 6.70. The van der Waals surface area contributed by atoms with Crippen molar-refractivity contribution in [2.75, 3.05) is 6.54 Å². The van der Waals surface area contributed by atoms with E-state index in [1.807, 2.05) is 0 Å². The summed E-state index contributed by atoms with van der Waals surface area (Å²) < 4.78 is 0. The molecular formula is C17H35N. The largest absolute Gasteiger partial charge is 0.314 e. The fourth-order valence-electron chi connectivity index (χ4n) is 3.67. The van der Waals surface area contributed by atoms with Gasteiger partial charge in [0.25, 0.3) is 0 Å². The minimum atomic E-state index is 0.559. The van der Waals surface area contributed by atoms with E-state index in [0.29, 0.717) is 5.41 Å². The van der Waals surface area contributed by atoms with Crippen LogP contribution in [0.3, 0.4) is 0 Å². The highest BCUT2D eigenvalue weighted by atomic mass is 14.9. The summed E-state index contributed by atoms with van der Waals surface area (Å²) in [6.07, 6.45) is 9.82. The van der Waals surface area contributed by atoms with Crippen LogP contribution < -0.4 is 5.32 Å². The van der Waals surface area contributed by atoms with Crippen molar-refractivity contribution in [1.29, 1.82) is 0 Å². The zero-order chi connectivity index (χ0) is 13.6. The van der Waals surface area contributed by atoms with Crippen LogP contribution in [0.2, 0.25) is 0 Å². The first-order chi connectivity index (χ1) is 8.55. The summed E-state index contributed by atoms with van der Waals surface area (Å²) in [7, 11) is 0. The molecule has 0 aromatic rings. The standard InChI is InChI=1S/C17H35N/c1-6-9-16(18-8-3)14-10-12-15(13-11-14)17(4,5)7-2/h14-16,18H,6-13H2,1-5H3. The lowest BCUT2D eigenvalue weighted by atomic mass is 9.66. The third kappa shape index (κ3) is 4.26. The van der Waals surface area contributed by atoms with Gasteiger partial charge in [-0.15, -0.1) is 0 Å². The molecule has 1 atom stereocenters. The van der Waals surface area contributed by atoms with Crippen molar-refractivity contribution >= 4 is 0 Å². The van der Waals surface area contributed by atoms with Crippen molar-refractivity contribution in [1.82, 2.24) is 5.32 Å². The number of rotatable bonds is 7. The average Bonchev–Trinajstić information content (AvgIpc) is 2.39. The molecular weight excluding hydrogens is 218 g/mol. The van der Waals surface area contributed by atoms with Crippen LogP contribution in [-0.4, -0.2) is 12.6 Å². The maximum Gasteiger partial charge on any atom is 0.00951 e. The Labute approximate surface area is 115 Å². The van der Waals surface area contributed by atoms with Crippen LogP contribution >= 0.6 is 0 Å². The highest BCUT2D eigenvalue weighted by molar-refractivity contribution is 4.86. The second-order valence-electron chi connectivity index (χ2n) is 6.91. The third-order valence-corrected chi connectivity index (χ3v) is 5.42. The first-order valence-electron chi connectivity index (χ1n) is 8.28. The van der Waals surface area contributed by atoms with Gasteiger partial charge in [-0.1, -0.05) is 47.5 Å². The van der Waals surface area contributed by atoms with Crippen molar-refractivity contribution in [3.05, 3.63) is 0 Å². The quantitative estimate of drug-likeness (QED) is 0.672. The van der Waals surface area contributed by atoms with Gasteiger partial charge in [0.05, 0.1) is 0 Å². The van der Waals surface area contributed by atoms with Crippen molar-refractivity contribution in [3.63, 3.8) is 0 Å². The molecule has 1 nitrogen and oxygen atoms in total. The molecule has 108 valence electrons. The summed E-state index contributed by atoms with van der Waals surface area (Å²) in [5.74, 6) is 1.90. The summed E-state index contributed by atoms with van der Waals surface area (Å²) in [6, 6.07) is 0.783. The molecule has 0 heterocycles. The lowest BCUT2D eigenvalue weighted by Gasteiger charge is -2.41. The summed E-state index contributed by atoms with van der Waals surface area (Å²) in [6.45, 7) is 13.0. The van der Waals surface area contributed by atoms with E-state index in [-0.39, 0.29) is 0 Å². The lowest BCUT2D eigenvalue weighted by molar-refractivity contribution is 0.113. The summed E-state index contributed by atoms with van der Waals surface area (Å²) >= 11 is 0. The van der Waals surface area contributed by atoms with Gasteiger partial charge in [-0.2, -0.15) is 0 Å². The molecule has 1 fully saturated rings. The van der Waals surface area contributed by atoms with E-state index in [1.165, 1.54) is 44.9 Å².